The first-order chi connectivity index (χ1) is 6.24. The lowest BCUT2D eigenvalue weighted by molar-refractivity contribution is -0.117. The lowest BCUT2D eigenvalue weighted by Crippen LogP contribution is -2.41. The molecule has 0 aromatic rings. The van der Waals surface area contributed by atoms with E-state index in [2.05, 4.69) is 5.32 Å². The molecule has 2 N–H and O–H groups in total. The highest BCUT2D eigenvalue weighted by atomic mass is 32.2. The molecule has 1 rings (SSSR count). The largest absolute Gasteiger partial charge is 0.388 e. The Morgan fingerprint density at radius 1 is 1.69 bits per heavy atom. The predicted molar refractivity (Wildman–Crippen MR) is 51.4 cm³/mol. The van der Waals surface area contributed by atoms with Crippen LogP contribution >= 0.6 is 11.8 Å². The first-order valence-corrected chi connectivity index (χ1v) is 5.28. The molecule has 0 bridgehead atoms. The third-order valence-corrected chi connectivity index (χ3v) is 2.14. The van der Waals surface area contributed by atoms with Crippen LogP contribution in [0, 0.1) is 0 Å². The van der Waals surface area contributed by atoms with Gasteiger partial charge in [0.1, 0.15) is 0 Å². The summed E-state index contributed by atoms with van der Waals surface area (Å²) in [6.07, 6.45) is 2.74. The Morgan fingerprint density at radius 2 is 2.46 bits per heavy atom. The summed E-state index contributed by atoms with van der Waals surface area (Å²) in [6.45, 7) is 0.692. The van der Waals surface area contributed by atoms with Gasteiger partial charge in [0.05, 0.1) is 25.4 Å². The molecule has 74 valence electrons. The summed E-state index contributed by atoms with van der Waals surface area (Å²) in [5.41, 5.74) is 0. The van der Waals surface area contributed by atoms with Gasteiger partial charge in [0, 0.05) is 6.08 Å². The molecule has 1 saturated heterocycles. The number of hydrogen-bond donors (Lipinski definition) is 2. The van der Waals surface area contributed by atoms with Crippen molar-refractivity contribution < 1.29 is 14.6 Å². The summed E-state index contributed by atoms with van der Waals surface area (Å²) < 4.78 is 4.98. The summed E-state index contributed by atoms with van der Waals surface area (Å²) in [6, 6.07) is -0.265. The van der Waals surface area contributed by atoms with E-state index in [0.717, 1.165) is 0 Å². The average Bonchev–Trinajstić information content (AvgIpc) is 2.48. The van der Waals surface area contributed by atoms with E-state index in [1.54, 1.807) is 5.41 Å². The second kappa shape index (κ2) is 5.26. The predicted octanol–water partition coefficient (Wildman–Crippen LogP) is -0.261. The number of carbonyl (C=O) groups excluding carboxylic acids is 1. The van der Waals surface area contributed by atoms with E-state index in [-0.39, 0.29) is 11.9 Å². The van der Waals surface area contributed by atoms with E-state index >= 15 is 0 Å². The number of aliphatic hydroxyl groups is 1. The second-order valence-electron chi connectivity index (χ2n) is 2.76. The van der Waals surface area contributed by atoms with Gasteiger partial charge in [-0.3, -0.25) is 4.79 Å². The molecule has 0 aromatic heterocycles. The van der Waals surface area contributed by atoms with Crippen molar-refractivity contribution in [1.29, 1.82) is 0 Å². The second-order valence-corrected chi connectivity index (χ2v) is 3.50. The molecule has 1 fully saturated rings. The minimum Gasteiger partial charge on any atom is -0.388 e. The third-order valence-electron chi connectivity index (χ3n) is 1.73. The Balaban J connectivity index is 2.31. The van der Waals surface area contributed by atoms with Crippen LogP contribution in [0.4, 0.5) is 0 Å². The fraction of sp³-hybridized carbons (Fsp3) is 0.625. The minimum absolute atomic E-state index is 0.191. The van der Waals surface area contributed by atoms with Crippen LogP contribution in [0.25, 0.3) is 0 Å². The number of amides is 1. The molecular weight excluding hydrogens is 190 g/mol. The number of rotatable bonds is 3. The molecule has 0 aromatic carbocycles. The van der Waals surface area contributed by atoms with Crippen LogP contribution in [0.5, 0.6) is 0 Å². The highest BCUT2D eigenvalue weighted by Gasteiger charge is 2.26. The fourth-order valence-electron chi connectivity index (χ4n) is 1.04. The maximum Gasteiger partial charge on any atom is 0.244 e. The molecule has 0 aliphatic carbocycles. The lowest BCUT2D eigenvalue weighted by Gasteiger charge is -2.12. The Labute approximate surface area is 81.3 Å². The van der Waals surface area contributed by atoms with Gasteiger partial charge in [-0.1, -0.05) is 0 Å². The van der Waals surface area contributed by atoms with Crippen LogP contribution in [0.2, 0.25) is 0 Å². The summed E-state index contributed by atoms with van der Waals surface area (Å²) >= 11 is 1.45. The highest BCUT2D eigenvalue weighted by Crippen LogP contribution is 2.04. The number of ether oxygens (including phenoxy) is 1. The maximum atomic E-state index is 11.1. The molecule has 1 amide bonds. The molecule has 13 heavy (non-hydrogen) atoms. The van der Waals surface area contributed by atoms with Crippen LogP contribution in [0.1, 0.15) is 0 Å². The SMILES string of the molecule is CS/C=C/C(=O)NC1COCC1O. The zero-order chi connectivity index (χ0) is 9.68. The van der Waals surface area contributed by atoms with Gasteiger partial charge in [-0.2, -0.15) is 0 Å². The van der Waals surface area contributed by atoms with Crippen molar-refractivity contribution >= 4 is 17.7 Å². The smallest absolute Gasteiger partial charge is 0.244 e. The van der Waals surface area contributed by atoms with Crippen molar-refractivity contribution in [2.45, 2.75) is 12.1 Å². The van der Waals surface area contributed by atoms with Crippen LogP contribution in [0.15, 0.2) is 11.5 Å². The lowest BCUT2D eigenvalue weighted by atomic mass is 10.2. The molecule has 0 saturated carbocycles. The van der Waals surface area contributed by atoms with E-state index < -0.39 is 6.10 Å². The summed E-state index contributed by atoms with van der Waals surface area (Å²) in [4.78, 5) is 11.1. The van der Waals surface area contributed by atoms with Gasteiger partial charge in [-0.25, -0.2) is 0 Å². The highest BCUT2D eigenvalue weighted by molar-refractivity contribution is 8.01. The minimum atomic E-state index is -0.577. The van der Waals surface area contributed by atoms with Gasteiger partial charge in [-0.15, -0.1) is 11.8 Å². The Bertz CT molecular complexity index is 208. The van der Waals surface area contributed by atoms with E-state index in [4.69, 9.17) is 4.74 Å². The Morgan fingerprint density at radius 3 is 3.00 bits per heavy atom. The van der Waals surface area contributed by atoms with E-state index in [0.29, 0.717) is 13.2 Å². The van der Waals surface area contributed by atoms with Gasteiger partial charge >= 0.3 is 0 Å². The van der Waals surface area contributed by atoms with E-state index in [1.165, 1.54) is 17.8 Å². The van der Waals surface area contributed by atoms with E-state index in [9.17, 15) is 9.90 Å². The third kappa shape index (κ3) is 3.38. The summed E-state index contributed by atoms with van der Waals surface area (Å²) in [5.74, 6) is -0.191. The molecule has 2 atom stereocenters. The van der Waals surface area contributed by atoms with E-state index in [1.807, 2.05) is 6.26 Å². The molecule has 1 aliphatic heterocycles. The van der Waals surface area contributed by atoms with Crippen molar-refractivity contribution in [3.05, 3.63) is 11.5 Å². The zero-order valence-corrected chi connectivity index (χ0v) is 8.21. The monoisotopic (exact) mass is 203 g/mol. The number of aliphatic hydroxyl groups excluding tert-OH is 1. The number of hydrogen-bond acceptors (Lipinski definition) is 4. The molecular formula is C8H13NO3S. The molecule has 2 unspecified atom stereocenters. The molecule has 0 spiro atoms. The summed E-state index contributed by atoms with van der Waals surface area (Å²) in [5, 5.41) is 13.6. The number of nitrogens with one attached hydrogen (secondary N) is 1. The maximum absolute atomic E-state index is 11.1. The van der Waals surface area contributed by atoms with Crippen molar-refractivity contribution in [1.82, 2.24) is 5.32 Å². The molecule has 0 radical (unpaired) electrons. The number of carbonyl (C=O) groups is 1. The van der Waals surface area contributed by atoms with Gasteiger partial charge in [0.15, 0.2) is 0 Å². The standard InChI is InChI=1S/C8H13NO3S/c1-13-3-2-8(11)9-6-4-12-5-7(6)10/h2-3,6-7,10H,4-5H2,1H3,(H,9,11)/b3-2+. The molecule has 1 aliphatic rings. The van der Waals surface area contributed by atoms with Crippen molar-refractivity contribution in [2.24, 2.45) is 0 Å². The zero-order valence-electron chi connectivity index (χ0n) is 7.40. The topological polar surface area (TPSA) is 58.6 Å². The van der Waals surface area contributed by atoms with Gasteiger partial charge in [0.25, 0.3) is 0 Å². The average molecular weight is 203 g/mol. The van der Waals surface area contributed by atoms with Gasteiger partial charge in [0.2, 0.25) is 5.91 Å². The molecule has 1 heterocycles. The molecule has 4 nitrogen and oxygen atoms in total. The van der Waals surface area contributed by atoms with Crippen molar-refractivity contribution in [2.75, 3.05) is 19.5 Å². The first kappa shape index (κ1) is 10.6. The summed E-state index contributed by atoms with van der Waals surface area (Å²) in [7, 11) is 0. The fourth-order valence-corrected chi connectivity index (χ4v) is 1.30. The quantitative estimate of drug-likeness (QED) is 0.620. The van der Waals surface area contributed by atoms with Gasteiger partial charge in [-0.05, 0) is 11.7 Å². The molecule has 5 heteroatoms. The Hall–Kier alpha value is -0.520. The van der Waals surface area contributed by atoms with Crippen molar-refractivity contribution in [3.8, 4) is 0 Å². The van der Waals surface area contributed by atoms with Crippen LogP contribution in [0.3, 0.4) is 0 Å². The van der Waals surface area contributed by atoms with Crippen LogP contribution in [-0.4, -0.2) is 42.6 Å². The normalized spacial score (nSPS) is 28.2. The van der Waals surface area contributed by atoms with Gasteiger partial charge < -0.3 is 15.2 Å². The van der Waals surface area contributed by atoms with Crippen LogP contribution in [-0.2, 0) is 9.53 Å². The van der Waals surface area contributed by atoms with Crippen LogP contribution < -0.4 is 5.32 Å². The van der Waals surface area contributed by atoms with Crippen molar-refractivity contribution in [3.63, 3.8) is 0 Å². The number of thioether (sulfide) groups is 1. The first-order valence-electron chi connectivity index (χ1n) is 3.99. The Kier molecular flexibility index (Phi) is 4.27.